The first-order chi connectivity index (χ1) is 6.47. The third kappa shape index (κ3) is 5.56. The quantitative estimate of drug-likeness (QED) is 0.680. The molecule has 0 saturated heterocycles. The van der Waals surface area contributed by atoms with E-state index in [2.05, 4.69) is 5.32 Å². The van der Waals surface area contributed by atoms with Crippen LogP contribution in [0.4, 0.5) is 0 Å². The average Bonchev–Trinajstić information content (AvgIpc) is 2.10. The van der Waals surface area contributed by atoms with Gasteiger partial charge in [0, 0.05) is 13.0 Å². The lowest BCUT2D eigenvalue weighted by Crippen LogP contribution is -2.30. The van der Waals surface area contributed by atoms with E-state index in [9.17, 15) is 9.59 Å². The number of hydrogen-bond donors (Lipinski definition) is 2. The Morgan fingerprint density at radius 3 is 2.29 bits per heavy atom. The molecular formula is C10H19NO3. The van der Waals surface area contributed by atoms with Gasteiger partial charge in [-0.2, -0.15) is 0 Å². The Morgan fingerprint density at radius 2 is 1.93 bits per heavy atom. The standard InChI is InChI=1S/C10H19NO3/c1-4-8(10(13)14)5-9(12)11-6-7(2)3/h7-8H,4-6H2,1-3H3,(H,11,12)(H,13,14). The van der Waals surface area contributed by atoms with E-state index in [1.807, 2.05) is 13.8 Å². The SMILES string of the molecule is CCC(CC(=O)NCC(C)C)C(=O)O. The molecular weight excluding hydrogens is 182 g/mol. The van der Waals surface area contributed by atoms with E-state index in [1.54, 1.807) is 6.92 Å². The number of aliphatic carboxylic acids is 1. The molecule has 2 N–H and O–H groups in total. The zero-order chi connectivity index (χ0) is 11.1. The zero-order valence-corrected chi connectivity index (χ0v) is 9.04. The number of amides is 1. The van der Waals surface area contributed by atoms with Gasteiger partial charge >= 0.3 is 5.97 Å². The third-order valence-corrected chi connectivity index (χ3v) is 1.98. The van der Waals surface area contributed by atoms with Crippen molar-refractivity contribution in [1.29, 1.82) is 0 Å². The fourth-order valence-electron chi connectivity index (χ4n) is 1.02. The summed E-state index contributed by atoms with van der Waals surface area (Å²) < 4.78 is 0. The van der Waals surface area contributed by atoms with Crippen molar-refractivity contribution in [3.8, 4) is 0 Å². The molecule has 1 atom stereocenters. The molecule has 0 aliphatic heterocycles. The van der Waals surface area contributed by atoms with Crippen LogP contribution in [0.25, 0.3) is 0 Å². The second-order valence-corrected chi connectivity index (χ2v) is 3.85. The summed E-state index contributed by atoms with van der Waals surface area (Å²) in [4.78, 5) is 21.9. The van der Waals surface area contributed by atoms with Gasteiger partial charge < -0.3 is 10.4 Å². The van der Waals surface area contributed by atoms with Gasteiger partial charge in [-0.25, -0.2) is 0 Å². The average molecular weight is 201 g/mol. The van der Waals surface area contributed by atoms with Crippen molar-refractivity contribution in [2.75, 3.05) is 6.54 Å². The lowest BCUT2D eigenvalue weighted by atomic mass is 10.0. The van der Waals surface area contributed by atoms with E-state index in [0.29, 0.717) is 18.9 Å². The second-order valence-electron chi connectivity index (χ2n) is 3.85. The summed E-state index contributed by atoms with van der Waals surface area (Å²) in [5, 5.41) is 11.4. The first kappa shape index (κ1) is 12.9. The largest absolute Gasteiger partial charge is 0.481 e. The van der Waals surface area contributed by atoms with Crippen molar-refractivity contribution in [3.63, 3.8) is 0 Å². The molecule has 4 nitrogen and oxygen atoms in total. The molecule has 0 heterocycles. The molecule has 0 aliphatic rings. The van der Waals surface area contributed by atoms with E-state index >= 15 is 0 Å². The smallest absolute Gasteiger partial charge is 0.307 e. The monoisotopic (exact) mass is 201 g/mol. The van der Waals surface area contributed by atoms with Crippen LogP contribution in [0.1, 0.15) is 33.6 Å². The molecule has 0 fully saturated rings. The van der Waals surface area contributed by atoms with Gasteiger partial charge in [0.15, 0.2) is 0 Å². The number of rotatable bonds is 6. The maximum absolute atomic E-state index is 11.2. The Labute approximate surface area is 84.7 Å². The van der Waals surface area contributed by atoms with Gasteiger partial charge in [-0.3, -0.25) is 9.59 Å². The van der Waals surface area contributed by atoms with Crippen LogP contribution in [0, 0.1) is 11.8 Å². The molecule has 14 heavy (non-hydrogen) atoms. The molecule has 0 bridgehead atoms. The van der Waals surface area contributed by atoms with Crippen LogP contribution >= 0.6 is 0 Å². The van der Waals surface area contributed by atoms with Crippen molar-refractivity contribution in [2.24, 2.45) is 11.8 Å². The van der Waals surface area contributed by atoms with Gasteiger partial charge in [0.2, 0.25) is 5.91 Å². The summed E-state index contributed by atoms with van der Waals surface area (Å²) in [6.45, 7) is 6.37. The molecule has 0 aliphatic carbocycles. The van der Waals surface area contributed by atoms with E-state index in [-0.39, 0.29) is 12.3 Å². The third-order valence-electron chi connectivity index (χ3n) is 1.98. The molecule has 0 aromatic heterocycles. The number of hydrogen-bond acceptors (Lipinski definition) is 2. The minimum Gasteiger partial charge on any atom is -0.481 e. The minimum atomic E-state index is -0.896. The maximum Gasteiger partial charge on any atom is 0.307 e. The summed E-state index contributed by atoms with van der Waals surface area (Å²) in [6.07, 6.45) is 0.572. The fraction of sp³-hybridized carbons (Fsp3) is 0.800. The van der Waals surface area contributed by atoms with Crippen LogP contribution in [-0.4, -0.2) is 23.5 Å². The molecule has 0 aromatic rings. The molecule has 0 aromatic carbocycles. The first-order valence-corrected chi connectivity index (χ1v) is 4.96. The highest BCUT2D eigenvalue weighted by molar-refractivity contribution is 5.82. The molecule has 1 unspecified atom stereocenters. The number of carbonyl (C=O) groups is 2. The van der Waals surface area contributed by atoms with Crippen molar-refractivity contribution >= 4 is 11.9 Å². The fourth-order valence-corrected chi connectivity index (χ4v) is 1.02. The van der Waals surface area contributed by atoms with E-state index in [4.69, 9.17) is 5.11 Å². The van der Waals surface area contributed by atoms with Gasteiger partial charge in [-0.05, 0) is 12.3 Å². The van der Waals surface area contributed by atoms with Crippen molar-refractivity contribution in [1.82, 2.24) is 5.32 Å². The number of nitrogens with one attached hydrogen (secondary N) is 1. The summed E-state index contributed by atoms with van der Waals surface area (Å²) in [5.74, 6) is -1.23. The highest BCUT2D eigenvalue weighted by Gasteiger charge is 2.18. The summed E-state index contributed by atoms with van der Waals surface area (Å²) in [7, 11) is 0. The zero-order valence-electron chi connectivity index (χ0n) is 9.04. The van der Waals surface area contributed by atoms with Crippen molar-refractivity contribution in [3.05, 3.63) is 0 Å². The normalized spacial score (nSPS) is 12.6. The van der Waals surface area contributed by atoms with Crippen molar-refractivity contribution < 1.29 is 14.7 Å². The Kier molecular flexibility index (Phi) is 5.92. The van der Waals surface area contributed by atoms with Crippen LogP contribution in [0.5, 0.6) is 0 Å². The molecule has 0 saturated carbocycles. The molecule has 0 radical (unpaired) electrons. The molecule has 0 rings (SSSR count). The van der Waals surface area contributed by atoms with Crippen LogP contribution in [0.3, 0.4) is 0 Å². The molecule has 4 heteroatoms. The lowest BCUT2D eigenvalue weighted by molar-refractivity contribution is -0.144. The van der Waals surface area contributed by atoms with Crippen LogP contribution in [0.2, 0.25) is 0 Å². The Morgan fingerprint density at radius 1 is 1.36 bits per heavy atom. The Bertz CT molecular complexity index is 202. The Balaban J connectivity index is 3.85. The van der Waals surface area contributed by atoms with Crippen LogP contribution in [-0.2, 0) is 9.59 Å². The first-order valence-electron chi connectivity index (χ1n) is 4.96. The maximum atomic E-state index is 11.2. The van der Waals surface area contributed by atoms with Crippen LogP contribution < -0.4 is 5.32 Å². The number of carbonyl (C=O) groups excluding carboxylic acids is 1. The molecule has 1 amide bonds. The van der Waals surface area contributed by atoms with Gasteiger partial charge in [0.1, 0.15) is 0 Å². The minimum absolute atomic E-state index is 0.0819. The predicted octanol–water partition coefficient (Wildman–Crippen LogP) is 1.26. The molecule has 82 valence electrons. The number of carboxylic acid groups (broad SMARTS) is 1. The van der Waals surface area contributed by atoms with E-state index in [1.165, 1.54) is 0 Å². The lowest BCUT2D eigenvalue weighted by Gasteiger charge is -2.11. The summed E-state index contributed by atoms with van der Waals surface area (Å²) in [5.41, 5.74) is 0. The molecule has 0 spiro atoms. The van der Waals surface area contributed by atoms with Crippen LogP contribution in [0.15, 0.2) is 0 Å². The topological polar surface area (TPSA) is 66.4 Å². The summed E-state index contributed by atoms with van der Waals surface area (Å²) in [6, 6.07) is 0. The van der Waals surface area contributed by atoms with Crippen molar-refractivity contribution in [2.45, 2.75) is 33.6 Å². The highest BCUT2D eigenvalue weighted by atomic mass is 16.4. The number of carboxylic acids is 1. The van der Waals surface area contributed by atoms with Gasteiger partial charge in [0.25, 0.3) is 0 Å². The van der Waals surface area contributed by atoms with Gasteiger partial charge in [-0.15, -0.1) is 0 Å². The Hall–Kier alpha value is -1.06. The van der Waals surface area contributed by atoms with Gasteiger partial charge in [-0.1, -0.05) is 20.8 Å². The predicted molar refractivity (Wildman–Crippen MR) is 53.9 cm³/mol. The van der Waals surface area contributed by atoms with E-state index in [0.717, 1.165) is 0 Å². The highest BCUT2D eigenvalue weighted by Crippen LogP contribution is 2.07. The van der Waals surface area contributed by atoms with Gasteiger partial charge in [0.05, 0.1) is 5.92 Å². The summed E-state index contributed by atoms with van der Waals surface area (Å²) >= 11 is 0. The van der Waals surface area contributed by atoms with E-state index < -0.39 is 11.9 Å². The second kappa shape index (κ2) is 6.40.